The number of carboxylic acids is 1. The van der Waals surface area contributed by atoms with Crippen molar-refractivity contribution < 1.29 is 43.8 Å². The van der Waals surface area contributed by atoms with Crippen LogP contribution in [-0.2, 0) is 33.6 Å². The zero-order chi connectivity index (χ0) is 32.3. The Bertz CT molecular complexity index is 1020. The van der Waals surface area contributed by atoms with Crippen LogP contribution in [0.1, 0.15) is 60.3 Å². The number of aliphatic carboxylic acids is 1. The van der Waals surface area contributed by atoms with Gasteiger partial charge >= 0.3 is 5.97 Å². The average Bonchev–Trinajstić information content (AvgIpc) is 3.39. The summed E-state index contributed by atoms with van der Waals surface area (Å²) in [7, 11) is 0. The summed E-state index contributed by atoms with van der Waals surface area (Å²) in [6.45, 7) is 7.47. The number of nitrogens with one attached hydrogen (secondary N) is 4. The van der Waals surface area contributed by atoms with E-state index >= 15 is 0 Å². The monoisotopic (exact) mass is 599 g/mol. The molecule has 16 heteroatoms. The van der Waals surface area contributed by atoms with E-state index in [9.17, 15) is 43.8 Å². The number of hydrogen-bond acceptors (Lipinski definition) is 9. The van der Waals surface area contributed by atoms with Crippen molar-refractivity contribution in [3.05, 3.63) is 0 Å². The van der Waals surface area contributed by atoms with Crippen molar-refractivity contribution >= 4 is 41.4 Å². The molecule has 0 aromatic carbocycles. The number of amides is 6. The fourth-order valence-electron chi connectivity index (χ4n) is 4.35. The van der Waals surface area contributed by atoms with Gasteiger partial charge in [0.2, 0.25) is 35.4 Å². The molecule has 0 spiro atoms. The van der Waals surface area contributed by atoms with Gasteiger partial charge in [0.05, 0.1) is 18.7 Å². The van der Waals surface area contributed by atoms with Gasteiger partial charge < -0.3 is 47.8 Å². The van der Waals surface area contributed by atoms with Crippen molar-refractivity contribution in [3.8, 4) is 0 Å². The number of carbonyl (C=O) groups excluding carboxylic acids is 6. The average molecular weight is 600 g/mol. The number of primary amides is 1. The summed E-state index contributed by atoms with van der Waals surface area (Å²) in [6.07, 6.45) is -0.761. The molecule has 0 aliphatic carbocycles. The van der Waals surface area contributed by atoms with E-state index in [1.54, 1.807) is 27.7 Å². The van der Waals surface area contributed by atoms with Crippen LogP contribution in [0, 0.1) is 11.8 Å². The summed E-state index contributed by atoms with van der Waals surface area (Å²) in [4.78, 5) is 87.7. The van der Waals surface area contributed by atoms with Crippen LogP contribution in [-0.4, -0.2) is 106 Å². The van der Waals surface area contributed by atoms with Crippen LogP contribution in [0.25, 0.3) is 0 Å². The Morgan fingerprint density at radius 1 is 0.881 bits per heavy atom. The van der Waals surface area contributed by atoms with Gasteiger partial charge in [0, 0.05) is 13.0 Å². The molecule has 10 N–H and O–H groups in total. The van der Waals surface area contributed by atoms with E-state index in [4.69, 9.17) is 11.5 Å². The van der Waals surface area contributed by atoms with E-state index in [0.29, 0.717) is 6.42 Å². The summed E-state index contributed by atoms with van der Waals surface area (Å²) in [5, 5.41) is 29.0. The van der Waals surface area contributed by atoms with Crippen molar-refractivity contribution in [1.82, 2.24) is 26.2 Å². The normalized spacial score (nSPS) is 18.4. The van der Waals surface area contributed by atoms with Crippen molar-refractivity contribution in [3.63, 3.8) is 0 Å². The molecule has 1 fully saturated rings. The van der Waals surface area contributed by atoms with Crippen LogP contribution in [0.4, 0.5) is 0 Å². The first-order valence-corrected chi connectivity index (χ1v) is 13.9. The smallest absolute Gasteiger partial charge is 0.326 e. The Morgan fingerprint density at radius 2 is 1.48 bits per heavy atom. The molecule has 0 radical (unpaired) electrons. The third-order valence-corrected chi connectivity index (χ3v) is 6.84. The van der Waals surface area contributed by atoms with Gasteiger partial charge in [-0.25, -0.2) is 4.79 Å². The quantitative estimate of drug-likeness (QED) is 0.0886. The molecule has 0 saturated carbocycles. The van der Waals surface area contributed by atoms with E-state index in [1.165, 1.54) is 11.8 Å². The molecule has 238 valence electrons. The zero-order valence-electron chi connectivity index (χ0n) is 24.7. The zero-order valence-corrected chi connectivity index (χ0v) is 24.7. The topological polar surface area (TPSA) is 263 Å². The molecule has 1 heterocycles. The van der Waals surface area contributed by atoms with Gasteiger partial charge in [0.25, 0.3) is 0 Å². The summed E-state index contributed by atoms with van der Waals surface area (Å²) in [5.41, 5.74) is 10.9. The number of carboxylic acid groups (broad SMARTS) is 1. The van der Waals surface area contributed by atoms with Crippen molar-refractivity contribution in [1.29, 1.82) is 0 Å². The number of hydrogen-bond donors (Lipinski definition) is 8. The van der Waals surface area contributed by atoms with Gasteiger partial charge in [-0.05, 0) is 38.0 Å². The number of carbonyl (C=O) groups is 7. The highest BCUT2D eigenvalue weighted by Crippen LogP contribution is 2.21. The van der Waals surface area contributed by atoms with Gasteiger partial charge in [0.1, 0.15) is 24.2 Å². The molecule has 1 aliphatic rings. The number of aliphatic hydroxyl groups excluding tert-OH is 1. The second-order valence-corrected chi connectivity index (χ2v) is 11.1. The molecule has 1 rings (SSSR count). The largest absolute Gasteiger partial charge is 0.480 e. The maximum absolute atomic E-state index is 13.4. The first kappa shape index (κ1) is 36.2. The molecule has 0 bridgehead atoms. The molecule has 16 nitrogen and oxygen atoms in total. The molecule has 0 aromatic heterocycles. The molecule has 42 heavy (non-hydrogen) atoms. The van der Waals surface area contributed by atoms with Crippen LogP contribution >= 0.6 is 0 Å². The highest BCUT2D eigenvalue weighted by atomic mass is 16.4. The molecule has 0 unspecified atom stereocenters. The molecular weight excluding hydrogens is 554 g/mol. The second kappa shape index (κ2) is 16.6. The first-order chi connectivity index (χ1) is 19.5. The van der Waals surface area contributed by atoms with Gasteiger partial charge in [0.15, 0.2) is 0 Å². The Labute approximate surface area is 244 Å². The minimum absolute atomic E-state index is 0.00274. The summed E-state index contributed by atoms with van der Waals surface area (Å²) < 4.78 is 0. The van der Waals surface area contributed by atoms with Crippen LogP contribution < -0.4 is 32.7 Å². The van der Waals surface area contributed by atoms with Gasteiger partial charge in [-0.2, -0.15) is 0 Å². The van der Waals surface area contributed by atoms with Crippen molar-refractivity contribution in [2.24, 2.45) is 23.3 Å². The Hall–Kier alpha value is -3.79. The van der Waals surface area contributed by atoms with Crippen LogP contribution in [0.5, 0.6) is 0 Å². The fourth-order valence-corrected chi connectivity index (χ4v) is 4.35. The minimum atomic E-state index is -1.48. The minimum Gasteiger partial charge on any atom is -0.480 e. The fraction of sp³-hybridized carbons (Fsp3) is 0.731. The van der Waals surface area contributed by atoms with E-state index in [2.05, 4.69) is 21.3 Å². The predicted octanol–water partition coefficient (Wildman–Crippen LogP) is -3.08. The second-order valence-electron chi connectivity index (χ2n) is 11.1. The predicted molar refractivity (Wildman–Crippen MR) is 149 cm³/mol. The lowest BCUT2D eigenvalue weighted by molar-refractivity contribution is -0.143. The van der Waals surface area contributed by atoms with E-state index in [-0.39, 0.29) is 31.7 Å². The lowest BCUT2D eigenvalue weighted by Crippen LogP contribution is -2.60. The molecule has 1 aliphatic heterocycles. The summed E-state index contributed by atoms with van der Waals surface area (Å²) >= 11 is 0. The molecule has 6 atom stereocenters. The molecule has 6 amide bonds. The number of nitrogens with two attached hydrogens (primary N) is 2. The summed E-state index contributed by atoms with van der Waals surface area (Å²) in [5.74, 6) is -6.22. The SMILES string of the molecule is CC(C)[C@H](NC(=O)CNC(=O)[C@@H](NC(=O)[C@@H]1CCCN1C(=O)[C@@H](NC(=O)[C@@H](N)CCC(N)=O)C(C)C)[C@@H](C)O)C(=O)O. The Morgan fingerprint density at radius 3 is 1.98 bits per heavy atom. The molecule has 1 saturated heterocycles. The van der Waals surface area contributed by atoms with Gasteiger partial charge in [-0.1, -0.05) is 27.7 Å². The van der Waals surface area contributed by atoms with E-state index in [1.807, 2.05) is 0 Å². The highest BCUT2D eigenvalue weighted by Gasteiger charge is 2.40. The number of nitrogens with zero attached hydrogens (tertiary/aromatic N) is 1. The Kier molecular flexibility index (Phi) is 14.3. The van der Waals surface area contributed by atoms with Gasteiger partial charge in [-0.3, -0.25) is 28.8 Å². The van der Waals surface area contributed by atoms with Crippen LogP contribution in [0.2, 0.25) is 0 Å². The van der Waals surface area contributed by atoms with Gasteiger partial charge in [-0.15, -0.1) is 0 Å². The van der Waals surface area contributed by atoms with Crippen LogP contribution in [0.3, 0.4) is 0 Å². The molecule has 0 aromatic rings. The summed E-state index contributed by atoms with van der Waals surface area (Å²) in [6, 6.07) is -5.75. The standard InChI is InChI=1S/C26H45N7O9/c1-12(2)19(31-22(37)15(27)8-9-17(28)35)25(40)33-10-6-7-16(33)23(38)32-21(14(5)34)24(39)29-11-18(36)30-20(13(3)4)26(41)42/h12-16,19-21,34H,6-11,27H2,1-5H3,(H2,28,35)(H,29,39)(H,30,36)(H,31,37)(H,32,38)(H,41,42)/t14-,15+,16+,19+,20+,21+/m1/s1. The highest BCUT2D eigenvalue weighted by molar-refractivity contribution is 5.96. The molecular formula is C26H45N7O9. The lowest BCUT2D eigenvalue weighted by atomic mass is 10.0. The number of likely N-dealkylation sites (tertiary alicyclic amines) is 1. The third kappa shape index (κ3) is 10.9. The maximum atomic E-state index is 13.4. The number of aliphatic hydroxyl groups is 1. The van der Waals surface area contributed by atoms with E-state index < -0.39 is 90.2 Å². The van der Waals surface area contributed by atoms with Crippen molar-refractivity contribution in [2.45, 2.75) is 96.6 Å². The maximum Gasteiger partial charge on any atom is 0.326 e. The Balaban J connectivity index is 2.89. The van der Waals surface area contributed by atoms with Crippen molar-refractivity contribution in [2.75, 3.05) is 13.1 Å². The lowest BCUT2D eigenvalue weighted by Gasteiger charge is -2.32. The van der Waals surface area contributed by atoms with E-state index in [0.717, 1.165) is 0 Å². The number of rotatable bonds is 16. The van der Waals surface area contributed by atoms with Crippen LogP contribution in [0.15, 0.2) is 0 Å². The third-order valence-electron chi connectivity index (χ3n) is 6.84. The first-order valence-electron chi connectivity index (χ1n) is 13.9.